The number of aliphatic hydroxyl groups is 1. The molecule has 5 atom stereocenters. The second kappa shape index (κ2) is 5.39. The van der Waals surface area contributed by atoms with E-state index in [0.717, 1.165) is 0 Å². The predicted octanol–water partition coefficient (Wildman–Crippen LogP) is 0.0615. The number of imidazole rings is 1. The lowest BCUT2D eigenvalue weighted by Gasteiger charge is -2.30. The van der Waals surface area contributed by atoms with Crippen LogP contribution >= 0.6 is 22.6 Å². The van der Waals surface area contributed by atoms with Crippen LogP contribution in [0.2, 0.25) is 0 Å². The fourth-order valence-electron chi connectivity index (χ4n) is 2.67. The first-order valence-corrected chi connectivity index (χ1v) is 9.89. The van der Waals surface area contributed by atoms with Crippen LogP contribution < -0.4 is 5.73 Å². The predicted molar refractivity (Wildman–Crippen MR) is 84.7 cm³/mol. The molecular weight excluding hydrogens is 413 g/mol. The first kappa shape index (κ1) is 15.8. The van der Waals surface area contributed by atoms with Crippen molar-refractivity contribution in [3.05, 3.63) is 11.1 Å². The first-order valence-electron chi connectivity index (χ1n) is 6.50. The smallest absolute Gasteiger partial charge is 0.325 e. The Morgan fingerprint density at radius 2 is 2.26 bits per heavy atom. The molecule has 2 saturated heterocycles. The second-order valence-electron chi connectivity index (χ2n) is 5.07. The zero-order valence-corrected chi connectivity index (χ0v) is 14.6. The Morgan fingerprint density at radius 3 is 3.04 bits per heavy atom. The van der Waals surface area contributed by atoms with Gasteiger partial charge in [0.15, 0.2) is 27.9 Å². The lowest BCUT2D eigenvalue weighted by molar-refractivity contribution is -0.0600. The summed E-state index contributed by atoms with van der Waals surface area (Å²) in [7, 11) is 0. The highest BCUT2D eigenvalue weighted by Crippen LogP contribution is 2.53. The molecule has 0 aliphatic carbocycles. The molecule has 13 heteroatoms. The number of hydrogen-bond donors (Lipinski definition) is 3. The maximum absolute atomic E-state index is 10.6. The number of fused-ring (bicyclic) bond motifs is 2. The summed E-state index contributed by atoms with van der Waals surface area (Å²) in [6.07, 6.45) is -2.02. The number of aliphatic hydroxyl groups excluding tert-OH is 1. The molecule has 0 saturated carbocycles. The van der Waals surface area contributed by atoms with E-state index in [0.29, 0.717) is 15.9 Å². The number of nitrogen functional groups attached to an aromatic ring is 1. The maximum atomic E-state index is 10.6. The van der Waals surface area contributed by atoms with Crippen LogP contribution in [-0.4, -0.2) is 54.4 Å². The molecule has 0 amide bonds. The minimum absolute atomic E-state index is 0.0351. The Hall–Kier alpha value is -0.720. The Morgan fingerprint density at radius 1 is 1.48 bits per heavy atom. The van der Waals surface area contributed by atoms with Gasteiger partial charge in [0.1, 0.15) is 24.6 Å². The quantitative estimate of drug-likeness (QED) is 0.426. The second-order valence-corrected chi connectivity index (χ2v) is 8.57. The molecule has 4 N–H and O–H groups in total. The van der Waals surface area contributed by atoms with Gasteiger partial charge < -0.3 is 25.0 Å². The van der Waals surface area contributed by atoms with Crippen LogP contribution in [0.3, 0.4) is 0 Å². The van der Waals surface area contributed by atoms with Gasteiger partial charge in [0.25, 0.3) is 0 Å². The molecule has 2 unspecified atom stereocenters. The number of aromatic nitrogens is 4. The molecule has 2 aromatic heterocycles. The van der Waals surface area contributed by atoms with E-state index in [-0.39, 0.29) is 12.4 Å². The van der Waals surface area contributed by atoms with Crippen molar-refractivity contribution in [1.29, 1.82) is 0 Å². The average Bonchev–Trinajstić information content (AvgIpc) is 2.97. The molecule has 2 aliphatic rings. The Labute approximate surface area is 143 Å². The number of ether oxygens (including phenoxy) is 1. The lowest BCUT2D eigenvalue weighted by atomic mass is 10.1. The van der Waals surface area contributed by atoms with E-state index in [1.165, 1.54) is 6.33 Å². The molecule has 0 radical (unpaired) electrons. The normalized spacial score (nSPS) is 37.2. The van der Waals surface area contributed by atoms with Crippen LogP contribution in [0.15, 0.2) is 11.1 Å². The third kappa shape index (κ3) is 2.50. The van der Waals surface area contributed by atoms with E-state index in [4.69, 9.17) is 31.3 Å². The summed E-state index contributed by atoms with van der Waals surface area (Å²) in [6, 6.07) is 0. The molecule has 4 rings (SSSR count). The zero-order valence-electron chi connectivity index (χ0n) is 11.3. The van der Waals surface area contributed by atoms with Gasteiger partial charge in [-0.05, 0) is 27.7 Å². The monoisotopic (exact) mass is 423 g/mol. The van der Waals surface area contributed by atoms with Crippen LogP contribution in [0.1, 0.15) is 6.23 Å². The summed E-state index contributed by atoms with van der Waals surface area (Å²) in [6.45, 7) is -3.32. The van der Waals surface area contributed by atoms with Crippen LogP contribution in [0.25, 0.3) is 11.2 Å². The number of anilines is 1. The lowest BCUT2D eigenvalue weighted by Crippen LogP contribution is -2.39. The summed E-state index contributed by atoms with van der Waals surface area (Å²) in [5.74, 6) is 0.213. The molecule has 2 aromatic rings. The minimum atomic E-state index is -3.35. The summed E-state index contributed by atoms with van der Waals surface area (Å²) >= 11 is 8.13. The third-order valence-electron chi connectivity index (χ3n) is 3.68. The molecule has 124 valence electrons. The highest BCUT2D eigenvalue weighted by Gasteiger charge is 2.51. The van der Waals surface area contributed by atoms with Gasteiger partial charge in [-0.1, -0.05) is 0 Å². The number of nitrogens with zero attached hydrogens (tertiary/aromatic N) is 4. The van der Waals surface area contributed by atoms with Crippen molar-refractivity contribution in [3.63, 3.8) is 0 Å². The van der Waals surface area contributed by atoms with E-state index < -0.39 is 31.3 Å². The number of nitrogens with two attached hydrogens (primary N) is 1. The summed E-state index contributed by atoms with van der Waals surface area (Å²) in [5.41, 5.74) is 6.57. The van der Waals surface area contributed by atoms with Gasteiger partial charge in [0.05, 0.1) is 6.61 Å². The van der Waals surface area contributed by atoms with Crippen LogP contribution in [0.5, 0.6) is 0 Å². The molecule has 2 aliphatic heterocycles. The maximum Gasteiger partial charge on any atom is 0.325 e. The van der Waals surface area contributed by atoms with Crippen molar-refractivity contribution >= 4 is 51.4 Å². The van der Waals surface area contributed by atoms with Gasteiger partial charge in [-0.15, -0.1) is 0 Å². The summed E-state index contributed by atoms with van der Waals surface area (Å²) in [4.78, 5) is 22.0. The Bertz CT molecular complexity index is 835. The van der Waals surface area contributed by atoms with E-state index in [1.807, 2.05) is 0 Å². The van der Waals surface area contributed by atoms with Crippen molar-refractivity contribution in [2.24, 2.45) is 0 Å². The zero-order chi connectivity index (χ0) is 16.4. The molecule has 0 aromatic carbocycles. The molecule has 10 nitrogen and oxygen atoms in total. The first-order chi connectivity index (χ1) is 10.9. The molecule has 4 heterocycles. The highest BCUT2D eigenvalue weighted by molar-refractivity contribution is 9.10. The van der Waals surface area contributed by atoms with E-state index >= 15 is 0 Å². The molecule has 2 fully saturated rings. The van der Waals surface area contributed by atoms with Crippen molar-refractivity contribution in [3.8, 4) is 0 Å². The van der Waals surface area contributed by atoms with Crippen molar-refractivity contribution in [1.82, 2.24) is 19.5 Å². The van der Waals surface area contributed by atoms with E-state index in [2.05, 4.69) is 30.9 Å². The fraction of sp³-hybridized carbons (Fsp3) is 0.500. The van der Waals surface area contributed by atoms with Gasteiger partial charge >= 0.3 is 6.72 Å². The van der Waals surface area contributed by atoms with Crippen molar-refractivity contribution in [2.45, 2.75) is 24.5 Å². The minimum Gasteiger partial charge on any atom is -0.386 e. The topological polar surface area (TPSA) is 138 Å². The van der Waals surface area contributed by atoms with Gasteiger partial charge in [0, 0.05) is 0 Å². The standard InChI is InChI=1S/C10H11BrN5O5PS/c11-10-15-4-7(12)13-2-14-8(4)16(10)9-5(17)6-3(20-9)1-19-22(18,23)21-6/h2-3,5-6,9,17H,1H2,(H,18,23)(H2,12,13,14)/t3-,5?,6+,9-,22?/m1/s1. The van der Waals surface area contributed by atoms with Gasteiger partial charge in [-0.2, -0.15) is 0 Å². The summed E-state index contributed by atoms with van der Waals surface area (Å²) < 4.78 is 18.1. The van der Waals surface area contributed by atoms with E-state index in [9.17, 15) is 10.00 Å². The number of halogens is 1. The van der Waals surface area contributed by atoms with Crippen LogP contribution in [0.4, 0.5) is 5.82 Å². The SMILES string of the molecule is Nc1ncnc2c1nc(Br)n2[C@@H]1O[C@@H]2COP(O)(=S)O[C@@H]2C1O. The number of rotatable bonds is 1. The largest absolute Gasteiger partial charge is 0.386 e. The highest BCUT2D eigenvalue weighted by atomic mass is 79.9. The van der Waals surface area contributed by atoms with Crippen LogP contribution in [-0.2, 0) is 25.6 Å². The van der Waals surface area contributed by atoms with Gasteiger partial charge in [0.2, 0.25) is 0 Å². The number of hydrogen-bond acceptors (Lipinski definition) is 9. The van der Waals surface area contributed by atoms with Crippen LogP contribution in [0, 0.1) is 0 Å². The molecule has 0 spiro atoms. The fourth-order valence-corrected chi connectivity index (χ4v) is 4.67. The van der Waals surface area contributed by atoms with Crippen molar-refractivity contribution < 1.29 is 23.8 Å². The van der Waals surface area contributed by atoms with Crippen molar-refractivity contribution in [2.75, 3.05) is 12.3 Å². The van der Waals surface area contributed by atoms with Gasteiger partial charge in [-0.25, -0.2) is 15.0 Å². The molecule has 0 bridgehead atoms. The van der Waals surface area contributed by atoms with Gasteiger partial charge in [-0.3, -0.25) is 9.09 Å². The third-order valence-corrected chi connectivity index (χ3v) is 5.80. The Balaban J connectivity index is 1.76. The summed E-state index contributed by atoms with van der Waals surface area (Å²) in [5, 5.41) is 10.6. The molecular formula is C10H11BrN5O5PS. The average molecular weight is 424 g/mol. The Kier molecular flexibility index (Phi) is 3.70. The molecule has 23 heavy (non-hydrogen) atoms. The van der Waals surface area contributed by atoms with E-state index in [1.54, 1.807) is 4.57 Å².